The van der Waals surface area contributed by atoms with Crippen LogP contribution in [0.2, 0.25) is 0 Å². The number of phosphoric acid groups is 1. The maximum atomic E-state index is 11.8. The lowest BCUT2D eigenvalue weighted by Gasteiger charge is -2.11. The molecule has 0 saturated heterocycles. The van der Waals surface area contributed by atoms with Crippen LogP contribution in [0.1, 0.15) is 71.1 Å². The predicted octanol–water partition coefficient (Wildman–Crippen LogP) is 6.66. The van der Waals surface area contributed by atoms with Crippen molar-refractivity contribution in [2.24, 2.45) is 0 Å². The Labute approximate surface area is 152 Å². The van der Waals surface area contributed by atoms with E-state index in [1.54, 1.807) is 30.3 Å². The third kappa shape index (κ3) is 12.9. The zero-order chi connectivity index (χ0) is 18.2. The van der Waals surface area contributed by atoms with Crippen LogP contribution in [-0.2, 0) is 9.09 Å². The molecule has 1 aromatic carbocycles. The lowest BCUT2D eigenvalue weighted by molar-refractivity contribution is 0.222. The van der Waals surface area contributed by atoms with Gasteiger partial charge in [0.05, 0.1) is 6.61 Å². The molecule has 0 aromatic heterocycles. The molecule has 25 heavy (non-hydrogen) atoms. The Bertz CT molecular complexity index is 502. The summed E-state index contributed by atoms with van der Waals surface area (Å²) in [5.41, 5.74) is 0. The molecule has 4 nitrogen and oxygen atoms in total. The van der Waals surface area contributed by atoms with Crippen LogP contribution in [0.25, 0.3) is 0 Å². The van der Waals surface area contributed by atoms with E-state index in [1.807, 2.05) is 12.1 Å². The molecule has 0 heterocycles. The molecule has 1 rings (SSSR count). The molecule has 1 atom stereocenters. The standard InChI is InChI=1S/C20H33O4P/c1-2-3-4-5-6-7-8-9-10-11-12-16-19-23-25(21,22)24-20-17-14-13-15-18-20/h12-18H,2-11,19H2,1H3,(H,21,22). The Morgan fingerprint density at radius 2 is 1.52 bits per heavy atom. The van der Waals surface area contributed by atoms with Gasteiger partial charge in [-0.15, -0.1) is 0 Å². The highest BCUT2D eigenvalue weighted by Gasteiger charge is 2.21. The first-order valence-corrected chi connectivity index (χ1v) is 11.0. The van der Waals surface area contributed by atoms with Gasteiger partial charge in [-0.1, -0.05) is 88.6 Å². The molecular weight excluding hydrogens is 335 g/mol. The van der Waals surface area contributed by atoms with Crippen molar-refractivity contribution in [1.29, 1.82) is 0 Å². The molecule has 1 aromatic rings. The van der Waals surface area contributed by atoms with E-state index >= 15 is 0 Å². The summed E-state index contributed by atoms with van der Waals surface area (Å²) in [6.07, 6.45) is 16.6. The number of rotatable bonds is 15. The first-order valence-electron chi connectivity index (χ1n) is 9.51. The number of hydrogen-bond donors (Lipinski definition) is 1. The first kappa shape index (κ1) is 22.0. The molecule has 0 aliphatic rings. The van der Waals surface area contributed by atoms with E-state index in [2.05, 4.69) is 6.92 Å². The Balaban J connectivity index is 1.98. The third-order valence-electron chi connectivity index (χ3n) is 3.94. The average Bonchev–Trinajstić information content (AvgIpc) is 2.59. The summed E-state index contributed by atoms with van der Waals surface area (Å²) in [5.74, 6) is 0.326. The zero-order valence-corrected chi connectivity index (χ0v) is 16.3. The summed E-state index contributed by atoms with van der Waals surface area (Å²) < 4.78 is 21.7. The molecule has 0 aliphatic heterocycles. The fourth-order valence-electron chi connectivity index (χ4n) is 2.54. The summed E-state index contributed by atoms with van der Waals surface area (Å²) in [6.45, 7) is 2.33. The second-order valence-corrected chi connectivity index (χ2v) is 7.64. The molecule has 142 valence electrons. The fraction of sp³-hybridized carbons (Fsp3) is 0.600. The van der Waals surface area contributed by atoms with Gasteiger partial charge in [0.15, 0.2) is 0 Å². The maximum absolute atomic E-state index is 11.8. The highest BCUT2D eigenvalue weighted by Crippen LogP contribution is 2.43. The van der Waals surface area contributed by atoms with Crippen LogP contribution in [0, 0.1) is 0 Å². The van der Waals surface area contributed by atoms with Crippen LogP contribution in [-0.4, -0.2) is 11.5 Å². The highest BCUT2D eigenvalue weighted by atomic mass is 31.2. The van der Waals surface area contributed by atoms with Crippen LogP contribution in [0.5, 0.6) is 5.75 Å². The molecule has 0 radical (unpaired) electrons. The topological polar surface area (TPSA) is 55.8 Å². The summed E-state index contributed by atoms with van der Waals surface area (Å²) in [6, 6.07) is 8.52. The lowest BCUT2D eigenvalue weighted by atomic mass is 10.1. The molecule has 0 spiro atoms. The van der Waals surface area contributed by atoms with Crippen LogP contribution in [0.3, 0.4) is 0 Å². The fourth-order valence-corrected chi connectivity index (χ4v) is 3.25. The molecule has 5 heteroatoms. The molecule has 0 aliphatic carbocycles. The second kappa shape index (κ2) is 14.1. The number of phosphoric ester groups is 1. The van der Waals surface area contributed by atoms with Crippen molar-refractivity contribution in [3.8, 4) is 5.75 Å². The number of allylic oxidation sites excluding steroid dienone is 1. The van der Waals surface area contributed by atoms with Gasteiger partial charge in [0.25, 0.3) is 0 Å². The van der Waals surface area contributed by atoms with Crippen molar-refractivity contribution in [2.75, 3.05) is 6.61 Å². The van der Waals surface area contributed by atoms with Crippen molar-refractivity contribution < 1.29 is 18.5 Å². The molecule has 1 N–H and O–H groups in total. The average molecular weight is 368 g/mol. The van der Waals surface area contributed by atoms with Gasteiger partial charge in [-0.3, -0.25) is 9.42 Å². The SMILES string of the molecule is CCCCCCCCCCCC=CCOP(=O)(O)Oc1ccccc1. The van der Waals surface area contributed by atoms with Gasteiger partial charge < -0.3 is 4.52 Å². The van der Waals surface area contributed by atoms with Gasteiger partial charge >= 0.3 is 7.82 Å². The van der Waals surface area contributed by atoms with E-state index in [0.717, 1.165) is 12.8 Å². The Hall–Kier alpha value is -1.09. The summed E-state index contributed by atoms with van der Waals surface area (Å²) in [4.78, 5) is 9.62. The molecule has 0 fully saturated rings. The van der Waals surface area contributed by atoms with E-state index in [4.69, 9.17) is 9.05 Å². The van der Waals surface area contributed by atoms with Gasteiger partial charge in [-0.2, -0.15) is 0 Å². The van der Waals surface area contributed by atoms with E-state index in [1.165, 1.54) is 51.4 Å². The highest BCUT2D eigenvalue weighted by molar-refractivity contribution is 7.47. The van der Waals surface area contributed by atoms with Crippen LogP contribution in [0.15, 0.2) is 42.5 Å². The van der Waals surface area contributed by atoms with Crippen molar-refractivity contribution in [1.82, 2.24) is 0 Å². The predicted molar refractivity (Wildman–Crippen MR) is 104 cm³/mol. The first-order chi connectivity index (χ1) is 12.1. The van der Waals surface area contributed by atoms with E-state index in [9.17, 15) is 9.46 Å². The minimum absolute atomic E-state index is 0.0814. The molecule has 0 amide bonds. The molecule has 1 unspecified atom stereocenters. The molecule has 0 bridgehead atoms. The van der Waals surface area contributed by atoms with Crippen molar-refractivity contribution in [3.05, 3.63) is 42.5 Å². The third-order valence-corrected chi connectivity index (χ3v) is 4.86. The zero-order valence-electron chi connectivity index (χ0n) is 15.4. The summed E-state index contributed by atoms with van der Waals surface area (Å²) in [7, 11) is -4.05. The second-order valence-electron chi connectivity index (χ2n) is 6.26. The smallest absolute Gasteiger partial charge is 0.404 e. The number of unbranched alkanes of at least 4 members (excludes halogenated alkanes) is 9. The van der Waals surface area contributed by atoms with Gasteiger partial charge in [-0.05, 0) is 25.0 Å². The van der Waals surface area contributed by atoms with E-state index in [-0.39, 0.29) is 6.61 Å². The number of para-hydroxylation sites is 1. The van der Waals surface area contributed by atoms with Gasteiger partial charge in [-0.25, -0.2) is 4.57 Å². The molecule has 0 saturated carbocycles. The van der Waals surface area contributed by atoms with Crippen molar-refractivity contribution >= 4 is 7.82 Å². The normalized spacial score (nSPS) is 13.8. The monoisotopic (exact) mass is 368 g/mol. The van der Waals surface area contributed by atoms with E-state index < -0.39 is 7.82 Å². The molecular formula is C20H33O4P. The van der Waals surface area contributed by atoms with Crippen molar-refractivity contribution in [3.63, 3.8) is 0 Å². The summed E-state index contributed by atoms with van der Waals surface area (Å²) >= 11 is 0. The van der Waals surface area contributed by atoms with Crippen molar-refractivity contribution in [2.45, 2.75) is 71.1 Å². The lowest BCUT2D eigenvalue weighted by Crippen LogP contribution is -1.97. The minimum atomic E-state index is -4.05. The van der Waals surface area contributed by atoms with Crippen LogP contribution < -0.4 is 4.52 Å². The summed E-state index contributed by atoms with van der Waals surface area (Å²) in [5, 5.41) is 0. The quantitative estimate of drug-likeness (QED) is 0.214. The van der Waals surface area contributed by atoms with E-state index in [0.29, 0.717) is 5.75 Å². The maximum Gasteiger partial charge on any atom is 0.527 e. The van der Waals surface area contributed by atoms with Crippen LogP contribution >= 0.6 is 7.82 Å². The largest absolute Gasteiger partial charge is 0.527 e. The Kier molecular flexibility index (Phi) is 12.4. The van der Waals surface area contributed by atoms with Gasteiger partial charge in [0.2, 0.25) is 0 Å². The number of benzene rings is 1. The Morgan fingerprint density at radius 1 is 0.920 bits per heavy atom. The number of hydrogen-bond acceptors (Lipinski definition) is 3. The minimum Gasteiger partial charge on any atom is -0.404 e. The van der Waals surface area contributed by atoms with Gasteiger partial charge in [0.1, 0.15) is 5.75 Å². The van der Waals surface area contributed by atoms with Crippen LogP contribution in [0.4, 0.5) is 0 Å². The Morgan fingerprint density at radius 3 is 2.16 bits per heavy atom. The van der Waals surface area contributed by atoms with Gasteiger partial charge in [0, 0.05) is 0 Å².